The number of hydrogen-bond acceptors (Lipinski definition) is 1. The molecule has 0 aliphatic heterocycles. The second kappa shape index (κ2) is 5.31. The smallest absolute Gasteiger partial charge is 0.416 e. The highest BCUT2D eigenvalue weighted by molar-refractivity contribution is 6.42. The summed E-state index contributed by atoms with van der Waals surface area (Å²) >= 11 is 11.7. The first-order valence-corrected chi connectivity index (χ1v) is 5.84. The standard InChI is InChI=1S/C13H6Cl2F3O/c14-10-2-1-3-11(12(10)15)19-9-6-4-8(5-7-9)13(16,17)18/h1-6H. The van der Waals surface area contributed by atoms with Crippen LogP contribution in [-0.4, -0.2) is 0 Å². The van der Waals surface area contributed by atoms with E-state index >= 15 is 0 Å². The highest BCUT2D eigenvalue weighted by Gasteiger charge is 2.30. The summed E-state index contributed by atoms with van der Waals surface area (Å²) in [6.45, 7) is 0. The van der Waals surface area contributed by atoms with E-state index < -0.39 is 11.7 Å². The molecule has 2 aromatic rings. The maximum Gasteiger partial charge on any atom is 0.416 e. The van der Waals surface area contributed by atoms with Crippen molar-refractivity contribution < 1.29 is 17.9 Å². The molecular formula is C13H6Cl2F3O. The predicted octanol–water partition coefficient (Wildman–Crippen LogP) is 5.60. The number of benzene rings is 2. The Bertz CT molecular complexity index is 579. The third-order valence-electron chi connectivity index (χ3n) is 2.25. The van der Waals surface area contributed by atoms with E-state index in [4.69, 9.17) is 27.9 Å². The molecular weight excluding hydrogens is 300 g/mol. The van der Waals surface area contributed by atoms with Crippen LogP contribution in [-0.2, 0) is 6.18 Å². The highest BCUT2D eigenvalue weighted by atomic mass is 35.5. The molecule has 0 aliphatic rings. The maximum atomic E-state index is 12.4. The monoisotopic (exact) mass is 305 g/mol. The Kier molecular flexibility index (Phi) is 3.92. The molecule has 0 aromatic heterocycles. The second-order valence-corrected chi connectivity index (χ2v) is 4.38. The van der Waals surface area contributed by atoms with Crippen LogP contribution in [0.5, 0.6) is 11.5 Å². The first-order chi connectivity index (χ1) is 8.88. The molecule has 0 amide bonds. The SMILES string of the molecule is FC(F)(F)c1c[c]c(Oc2cccc(Cl)c2Cl)cc1. The van der Waals surface area contributed by atoms with Gasteiger partial charge in [0, 0.05) is 6.07 Å². The predicted molar refractivity (Wildman–Crippen MR) is 66.8 cm³/mol. The number of rotatable bonds is 2. The molecule has 0 aliphatic carbocycles. The summed E-state index contributed by atoms with van der Waals surface area (Å²) in [5.41, 5.74) is -0.794. The van der Waals surface area contributed by atoms with Crippen molar-refractivity contribution in [1.82, 2.24) is 0 Å². The molecule has 0 bridgehead atoms. The van der Waals surface area contributed by atoms with Gasteiger partial charge in [-0.3, -0.25) is 0 Å². The molecule has 0 heterocycles. The van der Waals surface area contributed by atoms with Gasteiger partial charge < -0.3 is 4.74 Å². The minimum atomic E-state index is -4.40. The Balaban J connectivity index is 2.23. The van der Waals surface area contributed by atoms with Gasteiger partial charge in [-0.05, 0) is 30.3 Å². The minimum absolute atomic E-state index is 0.122. The molecule has 99 valence electrons. The fraction of sp³-hybridized carbons (Fsp3) is 0.0769. The molecule has 0 saturated carbocycles. The largest absolute Gasteiger partial charge is 0.455 e. The van der Waals surface area contributed by atoms with E-state index in [9.17, 15) is 13.2 Å². The zero-order chi connectivity index (χ0) is 14.0. The van der Waals surface area contributed by atoms with Crippen LogP contribution < -0.4 is 4.74 Å². The molecule has 0 spiro atoms. The summed E-state index contributed by atoms with van der Waals surface area (Å²) in [4.78, 5) is 0. The van der Waals surface area contributed by atoms with Gasteiger partial charge in [0.05, 0.1) is 10.6 Å². The van der Waals surface area contributed by atoms with Crippen LogP contribution in [0, 0.1) is 6.07 Å². The molecule has 0 atom stereocenters. The van der Waals surface area contributed by atoms with Crippen LogP contribution in [0.15, 0.2) is 36.4 Å². The number of halogens is 5. The molecule has 19 heavy (non-hydrogen) atoms. The van der Waals surface area contributed by atoms with Gasteiger partial charge in [-0.1, -0.05) is 29.3 Å². The van der Waals surface area contributed by atoms with Crippen molar-refractivity contribution in [2.24, 2.45) is 0 Å². The van der Waals surface area contributed by atoms with Crippen molar-refractivity contribution in [2.45, 2.75) is 6.18 Å². The zero-order valence-electron chi connectivity index (χ0n) is 9.26. The number of ether oxygens (including phenoxy) is 1. The van der Waals surface area contributed by atoms with E-state index in [-0.39, 0.29) is 16.5 Å². The van der Waals surface area contributed by atoms with Gasteiger partial charge in [-0.25, -0.2) is 0 Å². The molecule has 1 radical (unpaired) electrons. The summed E-state index contributed by atoms with van der Waals surface area (Å²) in [7, 11) is 0. The molecule has 2 rings (SSSR count). The lowest BCUT2D eigenvalue weighted by molar-refractivity contribution is -0.137. The summed E-state index contributed by atoms with van der Waals surface area (Å²) in [6, 6.07) is 10.0. The van der Waals surface area contributed by atoms with Crippen molar-refractivity contribution in [1.29, 1.82) is 0 Å². The Labute approximate surface area is 117 Å². The van der Waals surface area contributed by atoms with Gasteiger partial charge in [-0.2, -0.15) is 13.2 Å². The topological polar surface area (TPSA) is 9.23 Å². The van der Waals surface area contributed by atoms with E-state index in [1.54, 1.807) is 18.2 Å². The molecule has 0 saturated heterocycles. The highest BCUT2D eigenvalue weighted by Crippen LogP contribution is 2.35. The number of alkyl halides is 3. The van der Waals surface area contributed by atoms with E-state index in [0.717, 1.165) is 12.1 Å². The van der Waals surface area contributed by atoms with E-state index in [1.165, 1.54) is 6.07 Å². The Hall–Kier alpha value is -1.39. The molecule has 0 unspecified atom stereocenters. The van der Waals surface area contributed by atoms with Gasteiger partial charge in [-0.15, -0.1) is 0 Å². The van der Waals surface area contributed by atoms with Gasteiger partial charge >= 0.3 is 6.18 Å². The molecule has 0 fully saturated rings. The lowest BCUT2D eigenvalue weighted by Gasteiger charge is -2.10. The lowest BCUT2D eigenvalue weighted by Crippen LogP contribution is -2.04. The van der Waals surface area contributed by atoms with Crippen LogP contribution in [0.1, 0.15) is 5.56 Å². The normalized spacial score (nSPS) is 11.4. The van der Waals surface area contributed by atoms with Crippen molar-refractivity contribution in [3.05, 3.63) is 58.1 Å². The van der Waals surface area contributed by atoms with Crippen LogP contribution in [0.3, 0.4) is 0 Å². The lowest BCUT2D eigenvalue weighted by atomic mass is 10.2. The van der Waals surface area contributed by atoms with E-state index in [0.29, 0.717) is 5.02 Å². The van der Waals surface area contributed by atoms with Gasteiger partial charge in [0.15, 0.2) is 0 Å². The van der Waals surface area contributed by atoms with E-state index in [1.807, 2.05) is 0 Å². The summed E-state index contributed by atoms with van der Waals surface area (Å²) in [5, 5.41) is 0.489. The maximum absolute atomic E-state index is 12.4. The fourth-order valence-electron chi connectivity index (χ4n) is 1.33. The quantitative estimate of drug-likeness (QED) is 0.701. The van der Waals surface area contributed by atoms with Crippen LogP contribution >= 0.6 is 23.2 Å². The van der Waals surface area contributed by atoms with Crippen molar-refractivity contribution in [2.75, 3.05) is 0 Å². The van der Waals surface area contributed by atoms with Gasteiger partial charge in [0.25, 0.3) is 0 Å². The molecule has 1 nitrogen and oxygen atoms in total. The van der Waals surface area contributed by atoms with Crippen molar-refractivity contribution >= 4 is 23.2 Å². The molecule has 6 heteroatoms. The molecule has 0 N–H and O–H groups in total. The Morgan fingerprint density at radius 1 is 1.05 bits per heavy atom. The summed E-state index contributed by atoms with van der Waals surface area (Å²) in [6.07, 6.45) is -4.40. The second-order valence-electron chi connectivity index (χ2n) is 3.59. The number of hydrogen-bond donors (Lipinski definition) is 0. The van der Waals surface area contributed by atoms with Gasteiger partial charge in [0.2, 0.25) is 0 Å². The van der Waals surface area contributed by atoms with Crippen LogP contribution in [0.25, 0.3) is 0 Å². The average molecular weight is 306 g/mol. The average Bonchev–Trinajstić information content (AvgIpc) is 2.35. The summed E-state index contributed by atoms with van der Waals surface area (Å²) in [5.74, 6) is 0.377. The Morgan fingerprint density at radius 3 is 2.37 bits per heavy atom. The molecule has 2 aromatic carbocycles. The first-order valence-electron chi connectivity index (χ1n) is 5.09. The first kappa shape index (κ1) is 14.0. The third kappa shape index (κ3) is 3.33. The Morgan fingerprint density at radius 2 is 1.79 bits per heavy atom. The van der Waals surface area contributed by atoms with E-state index in [2.05, 4.69) is 6.07 Å². The minimum Gasteiger partial charge on any atom is -0.455 e. The van der Waals surface area contributed by atoms with Crippen molar-refractivity contribution in [3.63, 3.8) is 0 Å². The van der Waals surface area contributed by atoms with Gasteiger partial charge in [0.1, 0.15) is 16.5 Å². The summed E-state index contributed by atoms with van der Waals surface area (Å²) < 4.78 is 42.4. The van der Waals surface area contributed by atoms with Crippen LogP contribution in [0.2, 0.25) is 10.0 Å². The van der Waals surface area contributed by atoms with Crippen LogP contribution in [0.4, 0.5) is 13.2 Å². The zero-order valence-corrected chi connectivity index (χ0v) is 10.8. The van der Waals surface area contributed by atoms with Crippen molar-refractivity contribution in [3.8, 4) is 11.5 Å². The fourth-order valence-corrected chi connectivity index (χ4v) is 1.66. The third-order valence-corrected chi connectivity index (χ3v) is 3.05.